The van der Waals surface area contributed by atoms with Gasteiger partial charge in [0.05, 0.1) is 5.56 Å². The number of hydrogen-bond acceptors (Lipinski definition) is 1. The molecule has 0 amide bonds. The maximum atomic E-state index is 12.7. The Kier molecular flexibility index (Phi) is 3.38. The fraction of sp³-hybridized carbons (Fsp3) is 0.143. The molecule has 0 atom stereocenters. The highest BCUT2D eigenvalue weighted by molar-refractivity contribution is 5.39. The largest absolute Gasteiger partial charge is 0.457 e. The summed E-state index contributed by atoms with van der Waals surface area (Å²) in [7, 11) is 0. The smallest absolute Gasteiger partial charge is 0.267 e. The van der Waals surface area contributed by atoms with Crippen LogP contribution in [0, 0.1) is 6.92 Å². The minimum absolute atomic E-state index is 0.0897. The SMILES string of the molecule is Cc1ccc(Oc2ccccc2C(F)F)cc1. The molecule has 3 heteroatoms. The van der Waals surface area contributed by atoms with Crippen LogP contribution in [0.2, 0.25) is 0 Å². The first-order valence-corrected chi connectivity index (χ1v) is 5.28. The van der Waals surface area contributed by atoms with Crippen molar-refractivity contribution in [3.8, 4) is 11.5 Å². The summed E-state index contributed by atoms with van der Waals surface area (Å²) in [5.41, 5.74) is 1.01. The van der Waals surface area contributed by atoms with E-state index in [4.69, 9.17) is 4.74 Å². The maximum Gasteiger partial charge on any atom is 0.267 e. The van der Waals surface area contributed by atoms with E-state index in [2.05, 4.69) is 0 Å². The summed E-state index contributed by atoms with van der Waals surface area (Å²) in [6.07, 6.45) is -2.53. The zero-order valence-corrected chi connectivity index (χ0v) is 9.36. The summed E-state index contributed by atoms with van der Waals surface area (Å²) < 4.78 is 30.9. The molecule has 0 heterocycles. The molecule has 0 saturated carbocycles. The Hall–Kier alpha value is -1.90. The fourth-order valence-electron chi connectivity index (χ4n) is 1.49. The van der Waals surface area contributed by atoms with Gasteiger partial charge in [0, 0.05) is 0 Å². The highest BCUT2D eigenvalue weighted by Gasteiger charge is 2.13. The molecule has 0 N–H and O–H groups in total. The molecule has 1 nitrogen and oxygen atoms in total. The lowest BCUT2D eigenvalue weighted by molar-refractivity contribution is 0.148. The second-order valence-corrected chi connectivity index (χ2v) is 3.75. The summed E-state index contributed by atoms with van der Waals surface area (Å²) in [4.78, 5) is 0. The van der Waals surface area contributed by atoms with Gasteiger partial charge in [-0.15, -0.1) is 0 Å². The molecule has 2 rings (SSSR count). The molecule has 0 fully saturated rings. The first-order chi connectivity index (χ1) is 8.16. The summed E-state index contributed by atoms with van der Waals surface area (Å²) in [6, 6.07) is 13.4. The van der Waals surface area contributed by atoms with Crippen molar-refractivity contribution in [1.29, 1.82) is 0 Å². The van der Waals surface area contributed by atoms with E-state index in [0.29, 0.717) is 5.75 Å². The van der Waals surface area contributed by atoms with E-state index in [1.54, 1.807) is 30.3 Å². The standard InChI is InChI=1S/C14H12F2O/c1-10-6-8-11(9-7-10)17-13-5-3-2-4-12(13)14(15)16/h2-9,14H,1H3. The molecule has 0 unspecified atom stereocenters. The second kappa shape index (κ2) is 4.95. The number of hydrogen-bond donors (Lipinski definition) is 0. The van der Waals surface area contributed by atoms with E-state index in [1.165, 1.54) is 6.07 Å². The monoisotopic (exact) mass is 234 g/mol. The third kappa shape index (κ3) is 2.81. The van der Waals surface area contributed by atoms with Crippen LogP contribution in [0.25, 0.3) is 0 Å². The molecule has 0 aliphatic carbocycles. The average molecular weight is 234 g/mol. The van der Waals surface area contributed by atoms with Crippen molar-refractivity contribution in [3.63, 3.8) is 0 Å². The predicted molar refractivity (Wildman–Crippen MR) is 62.7 cm³/mol. The van der Waals surface area contributed by atoms with Crippen LogP contribution in [0.4, 0.5) is 8.78 Å². The van der Waals surface area contributed by atoms with Crippen LogP contribution in [0.3, 0.4) is 0 Å². The number of rotatable bonds is 3. The minimum atomic E-state index is -2.53. The van der Waals surface area contributed by atoms with Gasteiger partial charge < -0.3 is 4.74 Å². The Bertz CT molecular complexity index is 492. The van der Waals surface area contributed by atoms with Gasteiger partial charge in [-0.1, -0.05) is 29.8 Å². The van der Waals surface area contributed by atoms with Gasteiger partial charge in [-0.05, 0) is 31.2 Å². The van der Waals surface area contributed by atoms with Crippen LogP contribution >= 0.6 is 0 Å². The van der Waals surface area contributed by atoms with Crippen molar-refractivity contribution in [3.05, 3.63) is 59.7 Å². The van der Waals surface area contributed by atoms with Crippen LogP contribution in [0.5, 0.6) is 11.5 Å². The van der Waals surface area contributed by atoms with Crippen molar-refractivity contribution in [2.24, 2.45) is 0 Å². The average Bonchev–Trinajstić information content (AvgIpc) is 2.32. The molecule has 0 saturated heterocycles. The van der Waals surface area contributed by atoms with Crippen LogP contribution < -0.4 is 4.74 Å². The molecule has 17 heavy (non-hydrogen) atoms. The van der Waals surface area contributed by atoms with Crippen molar-refractivity contribution >= 4 is 0 Å². The maximum absolute atomic E-state index is 12.7. The highest BCUT2D eigenvalue weighted by atomic mass is 19.3. The van der Waals surface area contributed by atoms with Crippen molar-refractivity contribution in [2.45, 2.75) is 13.3 Å². The van der Waals surface area contributed by atoms with Crippen molar-refractivity contribution in [1.82, 2.24) is 0 Å². The molecule has 2 aromatic rings. The quantitative estimate of drug-likeness (QED) is 0.746. The number of halogens is 2. The number of ether oxygens (including phenoxy) is 1. The third-order valence-electron chi connectivity index (χ3n) is 2.40. The Labute approximate surface area is 98.7 Å². The normalized spacial score (nSPS) is 10.6. The number of aryl methyl sites for hydroxylation is 1. The van der Waals surface area contributed by atoms with E-state index in [-0.39, 0.29) is 11.3 Å². The van der Waals surface area contributed by atoms with Gasteiger partial charge in [-0.2, -0.15) is 0 Å². The second-order valence-electron chi connectivity index (χ2n) is 3.75. The molecule has 2 aromatic carbocycles. The van der Waals surface area contributed by atoms with Gasteiger partial charge in [0.1, 0.15) is 11.5 Å². The summed E-state index contributed by atoms with van der Waals surface area (Å²) in [6.45, 7) is 1.96. The van der Waals surface area contributed by atoms with Gasteiger partial charge in [0.15, 0.2) is 0 Å². The summed E-state index contributed by atoms with van der Waals surface area (Å²) >= 11 is 0. The summed E-state index contributed by atoms with van der Waals surface area (Å²) in [5, 5.41) is 0. The molecule has 0 aromatic heterocycles. The lowest BCUT2D eigenvalue weighted by Crippen LogP contribution is -1.91. The molecular weight excluding hydrogens is 222 g/mol. The van der Waals surface area contributed by atoms with Gasteiger partial charge in [0.2, 0.25) is 0 Å². The molecule has 0 radical (unpaired) electrons. The van der Waals surface area contributed by atoms with Crippen LogP contribution in [0.1, 0.15) is 17.6 Å². The van der Waals surface area contributed by atoms with Gasteiger partial charge in [-0.3, -0.25) is 0 Å². The zero-order valence-electron chi connectivity index (χ0n) is 9.36. The van der Waals surface area contributed by atoms with E-state index in [9.17, 15) is 8.78 Å². The molecule has 88 valence electrons. The van der Waals surface area contributed by atoms with E-state index in [0.717, 1.165) is 5.56 Å². The van der Waals surface area contributed by atoms with Gasteiger partial charge in [-0.25, -0.2) is 8.78 Å². The Morgan fingerprint density at radius 1 is 0.941 bits per heavy atom. The molecular formula is C14H12F2O. The van der Waals surface area contributed by atoms with Crippen LogP contribution in [-0.4, -0.2) is 0 Å². The van der Waals surface area contributed by atoms with Crippen molar-refractivity contribution in [2.75, 3.05) is 0 Å². The molecule has 0 spiro atoms. The van der Waals surface area contributed by atoms with E-state index < -0.39 is 6.43 Å². The van der Waals surface area contributed by atoms with Gasteiger partial charge >= 0.3 is 0 Å². The van der Waals surface area contributed by atoms with E-state index in [1.807, 2.05) is 19.1 Å². The lowest BCUT2D eigenvalue weighted by Gasteiger charge is -2.10. The minimum Gasteiger partial charge on any atom is -0.457 e. The first kappa shape index (κ1) is 11.6. The predicted octanol–water partition coefficient (Wildman–Crippen LogP) is 4.72. The Morgan fingerprint density at radius 3 is 2.24 bits per heavy atom. The number of para-hydroxylation sites is 1. The number of alkyl halides is 2. The molecule has 0 aliphatic rings. The lowest BCUT2D eigenvalue weighted by atomic mass is 10.2. The van der Waals surface area contributed by atoms with Crippen LogP contribution in [-0.2, 0) is 0 Å². The van der Waals surface area contributed by atoms with Crippen molar-refractivity contribution < 1.29 is 13.5 Å². The Morgan fingerprint density at radius 2 is 1.59 bits per heavy atom. The van der Waals surface area contributed by atoms with Crippen LogP contribution in [0.15, 0.2) is 48.5 Å². The van der Waals surface area contributed by atoms with Gasteiger partial charge in [0.25, 0.3) is 6.43 Å². The molecule has 0 aliphatic heterocycles. The highest BCUT2D eigenvalue weighted by Crippen LogP contribution is 2.31. The summed E-state index contributed by atoms with van der Waals surface area (Å²) in [5.74, 6) is 0.759. The molecule has 0 bridgehead atoms. The van der Waals surface area contributed by atoms with E-state index >= 15 is 0 Å². The first-order valence-electron chi connectivity index (χ1n) is 5.28. The fourth-order valence-corrected chi connectivity index (χ4v) is 1.49. The Balaban J connectivity index is 2.26. The number of benzene rings is 2. The topological polar surface area (TPSA) is 9.23 Å². The third-order valence-corrected chi connectivity index (χ3v) is 2.40. The zero-order chi connectivity index (χ0) is 12.3.